The minimum atomic E-state index is -0.866. The average molecular weight is 562 g/mol. The van der Waals surface area contributed by atoms with Crippen molar-refractivity contribution in [3.63, 3.8) is 0 Å². The van der Waals surface area contributed by atoms with Gasteiger partial charge in [-0.15, -0.1) is 0 Å². The SMILES string of the molecule is CC(C)[C@H](NC(=O)[C@@H]1CCCN1C(=O)[C@@H](NC(=O)OCc1ccccc1)C(C)C)C(=O)c1nc2ccccc2n1C. The predicted octanol–water partition coefficient (Wildman–Crippen LogP) is 3.84. The third kappa shape index (κ3) is 6.75. The minimum Gasteiger partial charge on any atom is -0.445 e. The van der Waals surface area contributed by atoms with E-state index < -0.39 is 30.1 Å². The molecule has 2 aromatic carbocycles. The van der Waals surface area contributed by atoms with E-state index >= 15 is 0 Å². The number of aromatic nitrogens is 2. The van der Waals surface area contributed by atoms with E-state index in [-0.39, 0.29) is 36.0 Å². The summed E-state index contributed by atoms with van der Waals surface area (Å²) in [5.74, 6) is -1.21. The number of rotatable bonds is 10. The molecule has 1 aromatic heterocycles. The first kappa shape index (κ1) is 29.8. The van der Waals surface area contributed by atoms with Crippen LogP contribution in [0.2, 0.25) is 0 Å². The van der Waals surface area contributed by atoms with Crippen molar-refractivity contribution < 1.29 is 23.9 Å². The van der Waals surface area contributed by atoms with Crippen LogP contribution in [0, 0.1) is 11.8 Å². The second kappa shape index (κ2) is 13.0. The molecule has 10 heteroatoms. The number of imidazole rings is 1. The number of ketones is 1. The quantitative estimate of drug-likeness (QED) is 0.363. The number of nitrogens with one attached hydrogen (secondary N) is 2. The summed E-state index contributed by atoms with van der Waals surface area (Å²) in [5, 5.41) is 5.60. The van der Waals surface area contributed by atoms with Crippen LogP contribution in [0.15, 0.2) is 54.6 Å². The average Bonchev–Trinajstić information content (AvgIpc) is 3.58. The van der Waals surface area contributed by atoms with Gasteiger partial charge >= 0.3 is 6.09 Å². The number of benzene rings is 2. The molecule has 3 atom stereocenters. The van der Waals surface area contributed by atoms with Crippen molar-refractivity contribution in [3.05, 3.63) is 66.0 Å². The maximum absolute atomic E-state index is 13.6. The Labute approximate surface area is 240 Å². The Kier molecular flexibility index (Phi) is 9.42. The number of Topliss-reactive ketones (excluding diaryl/α,β-unsaturated/α-hetero) is 1. The molecule has 0 saturated carbocycles. The van der Waals surface area contributed by atoms with Crippen LogP contribution in [0.3, 0.4) is 0 Å². The lowest BCUT2D eigenvalue weighted by Gasteiger charge is -2.31. The molecule has 2 heterocycles. The number of alkyl carbamates (subject to hydrolysis) is 1. The summed E-state index contributed by atoms with van der Waals surface area (Å²) in [6, 6.07) is 14.3. The fourth-order valence-corrected chi connectivity index (χ4v) is 5.18. The molecule has 218 valence electrons. The molecule has 0 bridgehead atoms. The van der Waals surface area contributed by atoms with E-state index in [4.69, 9.17) is 4.74 Å². The van der Waals surface area contributed by atoms with Crippen LogP contribution in [0.1, 0.15) is 56.7 Å². The Morgan fingerprint density at radius 1 is 0.927 bits per heavy atom. The van der Waals surface area contributed by atoms with Crippen LogP contribution in [0.4, 0.5) is 4.79 Å². The van der Waals surface area contributed by atoms with Crippen molar-refractivity contribution in [1.29, 1.82) is 0 Å². The van der Waals surface area contributed by atoms with Gasteiger partial charge in [0.15, 0.2) is 5.82 Å². The number of likely N-dealkylation sites (tertiary alicyclic amines) is 1. The minimum absolute atomic E-state index is 0.0800. The van der Waals surface area contributed by atoms with E-state index in [1.165, 1.54) is 4.90 Å². The highest BCUT2D eigenvalue weighted by Gasteiger charge is 2.40. The summed E-state index contributed by atoms with van der Waals surface area (Å²) < 4.78 is 7.07. The molecule has 0 aliphatic carbocycles. The fourth-order valence-electron chi connectivity index (χ4n) is 5.18. The van der Waals surface area contributed by atoms with E-state index in [1.807, 2.05) is 82.3 Å². The molecule has 3 aromatic rings. The van der Waals surface area contributed by atoms with Crippen LogP contribution in [-0.4, -0.2) is 62.8 Å². The first-order valence-electron chi connectivity index (χ1n) is 14.1. The van der Waals surface area contributed by atoms with E-state index in [1.54, 1.807) is 11.6 Å². The fraction of sp³-hybridized carbons (Fsp3) is 0.452. The van der Waals surface area contributed by atoms with Gasteiger partial charge in [0.1, 0.15) is 18.7 Å². The molecule has 1 aliphatic rings. The van der Waals surface area contributed by atoms with E-state index in [9.17, 15) is 19.2 Å². The summed E-state index contributed by atoms with van der Waals surface area (Å²) >= 11 is 0. The third-order valence-electron chi connectivity index (χ3n) is 7.51. The van der Waals surface area contributed by atoms with Crippen molar-refractivity contribution in [2.45, 2.75) is 65.3 Å². The van der Waals surface area contributed by atoms with Gasteiger partial charge in [-0.2, -0.15) is 0 Å². The molecule has 1 saturated heterocycles. The van der Waals surface area contributed by atoms with Gasteiger partial charge in [0.2, 0.25) is 17.6 Å². The second-order valence-electron chi connectivity index (χ2n) is 11.2. The number of nitrogens with zero attached hydrogens (tertiary/aromatic N) is 3. The van der Waals surface area contributed by atoms with Gasteiger partial charge in [0.05, 0.1) is 17.1 Å². The van der Waals surface area contributed by atoms with Crippen molar-refractivity contribution >= 4 is 34.7 Å². The highest BCUT2D eigenvalue weighted by molar-refractivity contribution is 6.02. The topological polar surface area (TPSA) is 123 Å². The van der Waals surface area contributed by atoms with Gasteiger partial charge in [-0.3, -0.25) is 14.4 Å². The van der Waals surface area contributed by atoms with Gasteiger partial charge in [-0.1, -0.05) is 70.2 Å². The van der Waals surface area contributed by atoms with Crippen molar-refractivity contribution in [2.75, 3.05) is 6.54 Å². The molecule has 1 fully saturated rings. The van der Waals surface area contributed by atoms with Crippen LogP contribution in [0.25, 0.3) is 11.0 Å². The smallest absolute Gasteiger partial charge is 0.408 e. The predicted molar refractivity (Wildman–Crippen MR) is 155 cm³/mol. The van der Waals surface area contributed by atoms with Crippen molar-refractivity contribution in [1.82, 2.24) is 25.1 Å². The zero-order valence-corrected chi connectivity index (χ0v) is 24.3. The van der Waals surface area contributed by atoms with E-state index in [2.05, 4.69) is 15.6 Å². The molecule has 2 N–H and O–H groups in total. The molecule has 4 rings (SSSR count). The Morgan fingerprint density at radius 3 is 2.24 bits per heavy atom. The highest BCUT2D eigenvalue weighted by atomic mass is 16.5. The zero-order chi connectivity index (χ0) is 29.7. The Morgan fingerprint density at radius 2 is 1.59 bits per heavy atom. The number of hydrogen-bond donors (Lipinski definition) is 2. The van der Waals surface area contributed by atoms with Gasteiger partial charge < -0.3 is 24.8 Å². The van der Waals surface area contributed by atoms with Crippen LogP contribution >= 0.6 is 0 Å². The number of aryl methyl sites for hydroxylation is 1. The Hall–Kier alpha value is -4.21. The second-order valence-corrected chi connectivity index (χ2v) is 11.2. The first-order chi connectivity index (χ1) is 19.6. The number of ether oxygens (including phenoxy) is 1. The lowest BCUT2D eigenvalue weighted by molar-refractivity contribution is -0.141. The van der Waals surface area contributed by atoms with Gasteiger partial charge in [0.25, 0.3) is 0 Å². The standard InChI is InChI=1S/C31H39N5O5/c1-19(2)25(27(37)28-32-22-14-9-10-15-23(22)35(28)5)33-29(38)24-16-11-17-36(24)30(39)26(20(3)4)34-31(40)41-18-21-12-7-6-8-13-21/h6-10,12-15,19-20,24-26H,11,16-18H2,1-5H3,(H,33,38)(H,34,40)/t24-,25-,26-/m0/s1. The zero-order valence-electron chi connectivity index (χ0n) is 24.3. The molecular weight excluding hydrogens is 522 g/mol. The van der Waals surface area contributed by atoms with E-state index in [0.717, 1.165) is 11.1 Å². The first-order valence-corrected chi connectivity index (χ1v) is 14.1. The summed E-state index contributed by atoms with van der Waals surface area (Å²) in [6.45, 7) is 7.85. The number of para-hydroxylation sites is 2. The van der Waals surface area contributed by atoms with Crippen LogP contribution in [0.5, 0.6) is 0 Å². The van der Waals surface area contributed by atoms with Crippen LogP contribution in [-0.2, 0) is 28.0 Å². The van der Waals surface area contributed by atoms with Gasteiger partial charge in [-0.05, 0) is 42.4 Å². The summed E-state index contributed by atoms with van der Waals surface area (Å²) in [4.78, 5) is 59.3. The summed E-state index contributed by atoms with van der Waals surface area (Å²) in [5.41, 5.74) is 2.36. The van der Waals surface area contributed by atoms with Crippen molar-refractivity contribution in [2.24, 2.45) is 18.9 Å². The number of fused-ring (bicyclic) bond motifs is 1. The largest absolute Gasteiger partial charge is 0.445 e. The third-order valence-corrected chi connectivity index (χ3v) is 7.51. The summed E-state index contributed by atoms with van der Waals surface area (Å²) in [6.07, 6.45) is 0.401. The molecule has 10 nitrogen and oxygen atoms in total. The van der Waals surface area contributed by atoms with Gasteiger partial charge in [0, 0.05) is 13.6 Å². The van der Waals surface area contributed by atoms with Crippen LogP contribution < -0.4 is 10.6 Å². The lowest BCUT2D eigenvalue weighted by atomic mass is 9.98. The molecule has 3 amide bonds. The molecule has 0 spiro atoms. The number of carbonyl (C=O) groups excluding carboxylic acids is 4. The lowest BCUT2D eigenvalue weighted by Crippen LogP contribution is -2.57. The molecule has 41 heavy (non-hydrogen) atoms. The Bertz CT molecular complexity index is 1400. The maximum atomic E-state index is 13.6. The van der Waals surface area contributed by atoms with E-state index in [0.29, 0.717) is 24.9 Å². The molecule has 0 unspecified atom stereocenters. The number of amides is 3. The number of carbonyl (C=O) groups is 4. The highest BCUT2D eigenvalue weighted by Crippen LogP contribution is 2.22. The summed E-state index contributed by atoms with van der Waals surface area (Å²) in [7, 11) is 1.78. The van der Waals surface area contributed by atoms with Gasteiger partial charge in [-0.25, -0.2) is 9.78 Å². The number of hydrogen-bond acceptors (Lipinski definition) is 6. The maximum Gasteiger partial charge on any atom is 0.408 e. The normalized spacial score (nSPS) is 16.6. The molecule has 0 radical (unpaired) electrons. The Balaban J connectivity index is 1.44. The monoisotopic (exact) mass is 561 g/mol. The molecule has 1 aliphatic heterocycles. The van der Waals surface area contributed by atoms with Crippen molar-refractivity contribution in [3.8, 4) is 0 Å². The molecular formula is C31H39N5O5.